The number of hydrogen-bond acceptors (Lipinski definition) is 0. The summed E-state index contributed by atoms with van der Waals surface area (Å²) >= 11 is -1.61. The van der Waals surface area contributed by atoms with Crippen molar-refractivity contribution in [2.24, 2.45) is 0 Å². The van der Waals surface area contributed by atoms with E-state index in [9.17, 15) is 0 Å². The Kier molecular flexibility index (Phi) is 7.80. The third-order valence-corrected chi connectivity index (χ3v) is 23.3. The number of halogens is 2. The van der Waals surface area contributed by atoms with E-state index in [0.29, 0.717) is 0 Å². The third kappa shape index (κ3) is 3.87. The minimum absolute atomic E-state index is 0. The van der Waals surface area contributed by atoms with Gasteiger partial charge in [-0.15, -0.1) is 0 Å². The summed E-state index contributed by atoms with van der Waals surface area (Å²) in [7, 11) is 0. The number of hydrogen-bond donors (Lipinski definition) is 0. The predicted molar refractivity (Wildman–Crippen MR) is 91.6 cm³/mol. The van der Waals surface area contributed by atoms with E-state index in [0.717, 1.165) is 3.63 Å². The molecule has 2 aliphatic carbocycles. The van der Waals surface area contributed by atoms with Crippen molar-refractivity contribution in [3.8, 4) is 0 Å². The SMILES string of the molecule is CC1=Cc2c(C)ccc(C)c2[CH]1[Zr+2]([C]1=CC=CC1)=[Si](C)C.[Cl-].[Cl-]. The molecule has 0 amide bonds. The van der Waals surface area contributed by atoms with Crippen molar-refractivity contribution in [3.05, 3.63) is 61.5 Å². The molecule has 1 unspecified atom stereocenters. The minimum Gasteiger partial charge on any atom is -1.00 e. The summed E-state index contributed by atoms with van der Waals surface area (Å²) in [5.41, 5.74) is 7.67. The number of fused-ring (bicyclic) bond motifs is 1. The monoisotopic (exact) mass is 440 g/mol. The van der Waals surface area contributed by atoms with E-state index < -0.39 is 20.4 Å². The fourth-order valence-corrected chi connectivity index (χ4v) is 22.7. The molecule has 0 N–H and O–H groups in total. The van der Waals surface area contributed by atoms with Crippen molar-refractivity contribution in [1.82, 2.24) is 0 Å². The van der Waals surface area contributed by atoms with Crippen LogP contribution in [0.5, 0.6) is 0 Å². The van der Waals surface area contributed by atoms with E-state index in [1.807, 2.05) is 3.28 Å². The van der Waals surface area contributed by atoms with Crippen molar-refractivity contribution in [3.63, 3.8) is 0 Å². The fraction of sp³-hybridized carbons (Fsp3) is 0.368. The number of aryl methyl sites for hydroxylation is 2. The molecule has 0 fully saturated rings. The van der Waals surface area contributed by atoms with Gasteiger partial charge in [0.1, 0.15) is 0 Å². The van der Waals surface area contributed by atoms with Gasteiger partial charge in [0.15, 0.2) is 0 Å². The van der Waals surface area contributed by atoms with E-state index in [1.165, 1.54) is 17.5 Å². The topological polar surface area (TPSA) is 0 Å². The van der Waals surface area contributed by atoms with Crippen LogP contribution in [0.15, 0.2) is 39.2 Å². The second-order valence-corrected chi connectivity index (χ2v) is 24.2. The Hall–Kier alpha value is 0.120. The quantitative estimate of drug-likeness (QED) is 0.541. The molecule has 0 aromatic heterocycles. The molecule has 0 spiro atoms. The van der Waals surface area contributed by atoms with E-state index in [1.54, 1.807) is 16.7 Å². The zero-order valence-electron chi connectivity index (χ0n) is 14.5. The zero-order valence-corrected chi connectivity index (χ0v) is 19.5. The molecule has 0 radical (unpaired) electrons. The zero-order chi connectivity index (χ0) is 15.1. The van der Waals surface area contributed by atoms with Gasteiger partial charge in [-0.05, 0) is 0 Å². The van der Waals surface area contributed by atoms with Crippen LogP contribution in [0.1, 0.15) is 39.2 Å². The van der Waals surface area contributed by atoms with Gasteiger partial charge in [-0.1, -0.05) is 0 Å². The first-order valence-corrected chi connectivity index (χ1v) is 16.7. The molecule has 0 nitrogen and oxygen atoms in total. The Labute approximate surface area is 161 Å². The summed E-state index contributed by atoms with van der Waals surface area (Å²) < 4.78 is 2.65. The van der Waals surface area contributed by atoms with Crippen LogP contribution < -0.4 is 24.8 Å². The molecule has 0 saturated carbocycles. The molecule has 0 aliphatic heterocycles. The molecular weight excluding hydrogens is 418 g/mol. The summed E-state index contributed by atoms with van der Waals surface area (Å²) in [5, 5.41) is 0. The second kappa shape index (κ2) is 8.48. The van der Waals surface area contributed by atoms with Gasteiger partial charge in [-0.25, -0.2) is 0 Å². The van der Waals surface area contributed by atoms with Crippen LogP contribution in [0.2, 0.25) is 13.1 Å². The number of benzene rings is 1. The van der Waals surface area contributed by atoms with E-state index >= 15 is 0 Å². The molecule has 1 aromatic rings. The fourth-order valence-electron chi connectivity index (χ4n) is 3.78. The van der Waals surface area contributed by atoms with Crippen LogP contribution in [0.25, 0.3) is 6.08 Å². The van der Waals surface area contributed by atoms with Gasteiger partial charge in [-0.3, -0.25) is 0 Å². The van der Waals surface area contributed by atoms with E-state index in [2.05, 4.69) is 70.3 Å². The first-order chi connectivity index (χ1) is 10.0. The van der Waals surface area contributed by atoms with Crippen molar-refractivity contribution in [2.75, 3.05) is 0 Å². The first kappa shape index (κ1) is 21.2. The predicted octanol–water partition coefficient (Wildman–Crippen LogP) is -0.517. The maximum atomic E-state index is 2.56. The van der Waals surface area contributed by atoms with Crippen LogP contribution in [-0.4, -0.2) is 5.43 Å². The molecule has 122 valence electrons. The van der Waals surface area contributed by atoms with Gasteiger partial charge >= 0.3 is 137 Å². The van der Waals surface area contributed by atoms with Crippen LogP contribution in [0.3, 0.4) is 0 Å². The number of rotatable bonds is 2. The van der Waals surface area contributed by atoms with Crippen molar-refractivity contribution >= 4 is 11.5 Å². The molecule has 4 heteroatoms. The van der Waals surface area contributed by atoms with Crippen molar-refractivity contribution in [1.29, 1.82) is 0 Å². The summed E-state index contributed by atoms with van der Waals surface area (Å²) in [6, 6.07) is 4.64. The molecule has 3 rings (SSSR count). The molecule has 1 atom stereocenters. The normalized spacial score (nSPS) is 17.3. The summed E-state index contributed by atoms with van der Waals surface area (Å²) in [5.74, 6) is 0. The molecule has 1 aromatic carbocycles. The van der Waals surface area contributed by atoms with Crippen molar-refractivity contribution < 1.29 is 45.2 Å². The standard InChI is InChI=1S/C12H13.C5H5.C2H6Si.2ClH.Zr/c1-8-6-11-9(2)4-5-10(3)12(11)7-8;1-2-4-5-3-1;1-3-2;;;/h4-7H,1-3H3;1-3H,4H2;1-2H3;2*1H;/q;;;;;+2/p-2. The molecule has 0 heterocycles. The maximum Gasteiger partial charge on any atom is -1.00 e. The average Bonchev–Trinajstić information content (AvgIpc) is 3.04. The second-order valence-electron chi connectivity index (χ2n) is 6.59. The van der Waals surface area contributed by atoms with Crippen LogP contribution in [-0.2, 0) is 20.4 Å². The molecule has 23 heavy (non-hydrogen) atoms. The Bertz CT molecular complexity index is 738. The van der Waals surface area contributed by atoms with Crippen LogP contribution >= 0.6 is 0 Å². The Morgan fingerprint density at radius 1 is 1.04 bits per heavy atom. The van der Waals surface area contributed by atoms with Crippen molar-refractivity contribution in [2.45, 2.75) is 43.9 Å². The van der Waals surface area contributed by atoms with Gasteiger partial charge < -0.3 is 24.8 Å². The maximum absolute atomic E-state index is 2.56. The first-order valence-electron chi connectivity index (χ1n) is 7.82. The van der Waals surface area contributed by atoms with E-state index in [-0.39, 0.29) is 30.2 Å². The van der Waals surface area contributed by atoms with Crippen LogP contribution in [0.4, 0.5) is 0 Å². The van der Waals surface area contributed by atoms with Gasteiger partial charge in [0, 0.05) is 0 Å². The van der Waals surface area contributed by atoms with Gasteiger partial charge in [0.25, 0.3) is 0 Å². The number of allylic oxidation sites excluding steroid dienone is 5. The molecular formula is C19H24Cl2SiZr. The molecule has 0 bridgehead atoms. The Balaban J connectivity index is 0.00000132. The molecule has 2 aliphatic rings. The van der Waals surface area contributed by atoms with Gasteiger partial charge in [0.2, 0.25) is 0 Å². The van der Waals surface area contributed by atoms with Gasteiger partial charge in [-0.2, -0.15) is 0 Å². The van der Waals surface area contributed by atoms with Gasteiger partial charge in [0.05, 0.1) is 0 Å². The summed E-state index contributed by atoms with van der Waals surface area (Å²) in [6.45, 7) is 12.1. The van der Waals surface area contributed by atoms with Crippen LogP contribution in [0, 0.1) is 13.8 Å². The summed E-state index contributed by atoms with van der Waals surface area (Å²) in [6.07, 6.45) is 10.9. The molecule has 0 saturated heterocycles. The Morgan fingerprint density at radius 2 is 1.70 bits per heavy atom. The Morgan fingerprint density at radius 3 is 2.26 bits per heavy atom. The summed E-state index contributed by atoms with van der Waals surface area (Å²) in [4.78, 5) is 0. The smallest absolute Gasteiger partial charge is 1.00 e. The largest absolute Gasteiger partial charge is 1.00 e. The average molecular weight is 443 g/mol. The third-order valence-electron chi connectivity index (χ3n) is 4.78. The minimum atomic E-state index is -1.61. The van der Waals surface area contributed by atoms with E-state index in [4.69, 9.17) is 0 Å².